The first-order valence-corrected chi connectivity index (χ1v) is 8.88. The van der Waals surface area contributed by atoms with Crippen molar-refractivity contribution in [2.24, 2.45) is 0 Å². The molecule has 0 saturated heterocycles. The Bertz CT molecular complexity index is 843. The molecule has 0 aliphatic heterocycles. The largest absolute Gasteiger partial charge is 0.352 e. The summed E-state index contributed by atoms with van der Waals surface area (Å²) in [5.74, 6) is -0.0168. The Hall–Kier alpha value is -2.17. The summed E-state index contributed by atoms with van der Waals surface area (Å²) in [6.45, 7) is 2.50. The highest BCUT2D eigenvalue weighted by molar-refractivity contribution is 7.13. The Balaban J connectivity index is 1.55. The Morgan fingerprint density at radius 1 is 1.17 bits per heavy atom. The fourth-order valence-electron chi connectivity index (χ4n) is 2.35. The summed E-state index contributed by atoms with van der Waals surface area (Å²) in [6.07, 6.45) is 0.330. The minimum atomic E-state index is -0.0168. The molecule has 122 valence electrons. The molecule has 24 heavy (non-hydrogen) atoms. The number of nitrogens with zero attached hydrogens (tertiary/aromatic N) is 1. The molecule has 3 nitrogen and oxygen atoms in total. The third kappa shape index (κ3) is 4.43. The molecule has 0 unspecified atom stereocenters. The van der Waals surface area contributed by atoms with E-state index in [0.717, 1.165) is 27.4 Å². The van der Waals surface area contributed by atoms with Gasteiger partial charge in [-0.25, -0.2) is 4.98 Å². The summed E-state index contributed by atoms with van der Waals surface area (Å²) in [6, 6.07) is 15.5. The highest BCUT2D eigenvalue weighted by atomic mass is 35.5. The first kappa shape index (κ1) is 16.7. The molecule has 1 N–H and O–H groups in total. The molecule has 0 bridgehead atoms. The number of aromatic nitrogens is 1. The van der Waals surface area contributed by atoms with Crippen molar-refractivity contribution >= 4 is 28.8 Å². The summed E-state index contributed by atoms with van der Waals surface area (Å²) in [5, 5.41) is 6.64. The molecule has 1 aromatic heterocycles. The van der Waals surface area contributed by atoms with Gasteiger partial charge in [0.1, 0.15) is 5.01 Å². The Morgan fingerprint density at radius 2 is 1.96 bits per heavy atom. The zero-order valence-electron chi connectivity index (χ0n) is 13.3. The molecule has 2 aromatic carbocycles. The smallest absolute Gasteiger partial charge is 0.224 e. The minimum Gasteiger partial charge on any atom is -0.352 e. The number of halogens is 1. The van der Waals surface area contributed by atoms with E-state index in [4.69, 9.17) is 11.6 Å². The van der Waals surface area contributed by atoms with Gasteiger partial charge in [-0.05, 0) is 30.2 Å². The normalized spacial score (nSPS) is 10.6. The van der Waals surface area contributed by atoms with Gasteiger partial charge in [0.25, 0.3) is 0 Å². The van der Waals surface area contributed by atoms with Crippen LogP contribution < -0.4 is 5.32 Å². The van der Waals surface area contributed by atoms with Crippen LogP contribution in [0, 0.1) is 6.92 Å². The van der Waals surface area contributed by atoms with Crippen LogP contribution in [0.4, 0.5) is 0 Å². The number of benzene rings is 2. The van der Waals surface area contributed by atoms with Gasteiger partial charge in [-0.1, -0.05) is 48.0 Å². The maximum atomic E-state index is 12.0. The minimum absolute atomic E-state index is 0.0168. The van der Waals surface area contributed by atoms with Crippen molar-refractivity contribution < 1.29 is 4.79 Å². The van der Waals surface area contributed by atoms with E-state index in [2.05, 4.69) is 10.3 Å². The summed E-state index contributed by atoms with van der Waals surface area (Å²) in [5.41, 5.74) is 4.11. The quantitative estimate of drug-likeness (QED) is 0.724. The summed E-state index contributed by atoms with van der Waals surface area (Å²) < 4.78 is 0. The first-order valence-electron chi connectivity index (χ1n) is 7.63. The van der Waals surface area contributed by atoms with Gasteiger partial charge in [-0.15, -0.1) is 11.3 Å². The van der Waals surface area contributed by atoms with Crippen molar-refractivity contribution in [3.63, 3.8) is 0 Å². The average Bonchev–Trinajstić information content (AvgIpc) is 3.00. The SMILES string of the molecule is Cc1csc(-c2ccc(CNC(=O)Cc3cccc(Cl)c3)cc2)n1. The number of rotatable bonds is 5. The van der Waals surface area contributed by atoms with E-state index >= 15 is 0 Å². The summed E-state index contributed by atoms with van der Waals surface area (Å²) in [4.78, 5) is 16.5. The summed E-state index contributed by atoms with van der Waals surface area (Å²) in [7, 11) is 0. The maximum Gasteiger partial charge on any atom is 0.224 e. The van der Waals surface area contributed by atoms with Crippen molar-refractivity contribution in [1.29, 1.82) is 0 Å². The van der Waals surface area contributed by atoms with Gasteiger partial charge in [0, 0.05) is 28.2 Å². The highest BCUT2D eigenvalue weighted by Gasteiger charge is 2.05. The molecule has 0 atom stereocenters. The van der Waals surface area contributed by atoms with Crippen LogP contribution in [0.2, 0.25) is 5.02 Å². The van der Waals surface area contributed by atoms with Crippen LogP contribution in [0.15, 0.2) is 53.9 Å². The number of amides is 1. The number of carbonyl (C=O) groups is 1. The molecule has 0 radical (unpaired) electrons. The van der Waals surface area contributed by atoms with Gasteiger partial charge < -0.3 is 5.32 Å². The van der Waals surface area contributed by atoms with E-state index in [-0.39, 0.29) is 5.91 Å². The highest BCUT2D eigenvalue weighted by Crippen LogP contribution is 2.23. The summed E-state index contributed by atoms with van der Waals surface area (Å²) >= 11 is 7.57. The van der Waals surface area contributed by atoms with Crippen LogP contribution in [-0.2, 0) is 17.8 Å². The molecule has 0 saturated carbocycles. The van der Waals surface area contributed by atoms with Crippen LogP contribution in [0.3, 0.4) is 0 Å². The van der Waals surface area contributed by atoms with Crippen LogP contribution in [0.5, 0.6) is 0 Å². The van der Waals surface area contributed by atoms with E-state index in [0.29, 0.717) is 18.0 Å². The monoisotopic (exact) mass is 356 g/mol. The number of carbonyl (C=O) groups excluding carboxylic acids is 1. The van der Waals surface area contributed by atoms with Gasteiger partial charge >= 0.3 is 0 Å². The lowest BCUT2D eigenvalue weighted by Crippen LogP contribution is -2.24. The number of hydrogen-bond donors (Lipinski definition) is 1. The van der Waals surface area contributed by atoms with E-state index in [1.165, 1.54) is 0 Å². The molecule has 1 heterocycles. The molecule has 0 aliphatic carbocycles. The standard InChI is InChI=1S/C19H17ClN2OS/c1-13-12-24-19(22-13)16-7-5-14(6-8-16)11-21-18(23)10-15-3-2-4-17(20)9-15/h2-9,12H,10-11H2,1H3,(H,21,23). The maximum absolute atomic E-state index is 12.0. The van der Waals surface area contributed by atoms with E-state index in [1.807, 2.05) is 54.8 Å². The number of aryl methyl sites for hydroxylation is 1. The van der Waals surface area contributed by atoms with E-state index < -0.39 is 0 Å². The topological polar surface area (TPSA) is 42.0 Å². The predicted molar refractivity (Wildman–Crippen MR) is 99.3 cm³/mol. The van der Waals surface area contributed by atoms with Gasteiger partial charge in [0.15, 0.2) is 0 Å². The van der Waals surface area contributed by atoms with E-state index in [9.17, 15) is 4.79 Å². The molecule has 0 aliphatic rings. The average molecular weight is 357 g/mol. The van der Waals surface area contributed by atoms with Crippen LogP contribution in [0.25, 0.3) is 10.6 Å². The van der Waals surface area contributed by atoms with Gasteiger partial charge in [0.2, 0.25) is 5.91 Å². The van der Waals surface area contributed by atoms with Gasteiger partial charge in [-0.3, -0.25) is 4.79 Å². The molecular formula is C19H17ClN2OS. The van der Waals surface area contributed by atoms with Gasteiger partial charge in [-0.2, -0.15) is 0 Å². The number of hydrogen-bond acceptors (Lipinski definition) is 3. The van der Waals surface area contributed by atoms with Crippen molar-refractivity contribution in [3.05, 3.63) is 75.8 Å². The van der Waals surface area contributed by atoms with Crippen molar-refractivity contribution in [2.75, 3.05) is 0 Å². The molecule has 5 heteroatoms. The fourth-order valence-corrected chi connectivity index (χ4v) is 3.36. The second-order valence-corrected chi connectivity index (χ2v) is 6.87. The fraction of sp³-hybridized carbons (Fsp3) is 0.158. The van der Waals surface area contributed by atoms with Crippen LogP contribution in [0.1, 0.15) is 16.8 Å². The Morgan fingerprint density at radius 3 is 2.62 bits per heavy atom. The second-order valence-electron chi connectivity index (χ2n) is 5.57. The lowest BCUT2D eigenvalue weighted by atomic mass is 10.1. The molecule has 1 amide bonds. The van der Waals surface area contributed by atoms with Gasteiger partial charge in [0.05, 0.1) is 6.42 Å². The van der Waals surface area contributed by atoms with Crippen molar-refractivity contribution in [2.45, 2.75) is 19.9 Å². The zero-order chi connectivity index (χ0) is 16.9. The number of thiazole rings is 1. The van der Waals surface area contributed by atoms with Crippen LogP contribution in [-0.4, -0.2) is 10.9 Å². The zero-order valence-corrected chi connectivity index (χ0v) is 14.8. The Kier molecular flexibility index (Phi) is 5.28. The number of nitrogens with one attached hydrogen (secondary N) is 1. The molecular weight excluding hydrogens is 340 g/mol. The van der Waals surface area contributed by atoms with Crippen molar-refractivity contribution in [3.8, 4) is 10.6 Å². The first-order chi connectivity index (χ1) is 11.6. The van der Waals surface area contributed by atoms with E-state index in [1.54, 1.807) is 17.4 Å². The predicted octanol–water partition coefficient (Wildman–Crippen LogP) is 4.63. The third-order valence-corrected chi connectivity index (χ3v) is 4.81. The molecule has 0 fully saturated rings. The third-order valence-electron chi connectivity index (χ3n) is 3.56. The molecule has 3 aromatic rings. The van der Waals surface area contributed by atoms with Crippen LogP contribution >= 0.6 is 22.9 Å². The molecule has 0 spiro atoms. The Labute approximate surface area is 150 Å². The lowest BCUT2D eigenvalue weighted by Gasteiger charge is -2.06. The second kappa shape index (κ2) is 7.60. The van der Waals surface area contributed by atoms with Crippen molar-refractivity contribution in [1.82, 2.24) is 10.3 Å². The molecule has 3 rings (SSSR count). The lowest BCUT2D eigenvalue weighted by molar-refractivity contribution is -0.120.